The van der Waals surface area contributed by atoms with Crippen LogP contribution in [0.5, 0.6) is 5.75 Å². The van der Waals surface area contributed by atoms with Crippen LogP contribution in [0.2, 0.25) is 0 Å². The van der Waals surface area contributed by atoms with E-state index in [9.17, 15) is 57.8 Å². The molecular formula is C76H121N17O16S2. The number of benzene rings is 3. The molecule has 111 heavy (non-hydrogen) atoms. The summed E-state index contributed by atoms with van der Waals surface area (Å²) >= 11 is 0. The lowest BCUT2D eigenvalue weighted by atomic mass is 10.0. The quantitative estimate of drug-likeness (QED) is 0.00960. The highest BCUT2D eigenvalue weighted by molar-refractivity contribution is 8.76. The molecule has 1 saturated heterocycles. The van der Waals surface area contributed by atoms with Gasteiger partial charge in [0, 0.05) is 76.1 Å². The zero-order valence-electron chi connectivity index (χ0n) is 65.1. The number of ether oxygens (including phenoxy) is 4. The number of hydrogen-bond donors (Lipinski definition) is 15. The lowest BCUT2D eigenvalue weighted by Gasteiger charge is -2.26. The molecule has 0 aliphatic carbocycles. The molecule has 4 rings (SSSR count). The number of unbranched alkanes of at least 4 members (excludes halogenated alkanes) is 7. The van der Waals surface area contributed by atoms with E-state index in [0.29, 0.717) is 135 Å². The van der Waals surface area contributed by atoms with Gasteiger partial charge in [0.15, 0.2) is 0 Å². The monoisotopic (exact) mass is 1590 g/mol. The number of carbonyl (C=O) groups excluding carboxylic acids is 11. The van der Waals surface area contributed by atoms with Crippen LogP contribution in [0.25, 0.3) is 21.2 Å². The Bertz CT molecular complexity index is 3360. The molecule has 1 aliphatic heterocycles. The van der Waals surface area contributed by atoms with Crippen molar-refractivity contribution in [3.8, 4) is 5.75 Å². The highest BCUT2D eigenvalue weighted by Crippen LogP contribution is 2.25. The molecule has 0 spiro atoms. The number of hydrogen-bond acceptors (Lipinski definition) is 21. The molecule has 35 heteroatoms. The van der Waals surface area contributed by atoms with Crippen molar-refractivity contribution in [3.05, 3.63) is 88.3 Å². The molecule has 33 nitrogen and oxygen atoms in total. The summed E-state index contributed by atoms with van der Waals surface area (Å²) in [5, 5.41) is 49.3. The molecule has 7 unspecified atom stereocenters. The number of nitrogens with two attached hydrogens (primary N) is 1. The third-order valence-corrected chi connectivity index (χ3v) is 20.0. The van der Waals surface area contributed by atoms with Gasteiger partial charge in [0.25, 0.3) is 0 Å². The molecule has 7 atom stereocenters. The van der Waals surface area contributed by atoms with Crippen molar-refractivity contribution in [1.29, 1.82) is 0 Å². The second-order valence-corrected chi connectivity index (χ2v) is 30.3. The molecule has 3 aromatic rings. The number of nitrogens with one attached hydrogen (secondary N) is 13. The van der Waals surface area contributed by atoms with Gasteiger partial charge in [-0.15, -0.1) is 5.53 Å². The van der Waals surface area contributed by atoms with Crippen LogP contribution >= 0.6 is 21.6 Å². The normalized spacial score (nSPS) is 17.8. The maximum absolute atomic E-state index is 14.6. The van der Waals surface area contributed by atoms with Crippen LogP contribution in [0.1, 0.15) is 155 Å². The Morgan fingerprint density at radius 1 is 0.586 bits per heavy atom. The Morgan fingerprint density at radius 2 is 1.14 bits per heavy atom. The second-order valence-electron chi connectivity index (χ2n) is 27.7. The van der Waals surface area contributed by atoms with Gasteiger partial charge in [0.1, 0.15) is 48.0 Å². The summed E-state index contributed by atoms with van der Waals surface area (Å²) in [6, 6.07) is 11.5. The fraction of sp³-hybridized carbons (Fsp3) is 0.645. The molecule has 0 saturated carbocycles. The maximum Gasteiger partial charge on any atom is 0.244 e. The Morgan fingerprint density at radius 3 is 1.77 bits per heavy atom. The van der Waals surface area contributed by atoms with Gasteiger partial charge in [0.05, 0.1) is 52.7 Å². The first-order valence-corrected chi connectivity index (χ1v) is 41.2. The first-order valence-electron chi connectivity index (χ1n) is 38.7. The van der Waals surface area contributed by atoms with Crippen LogP contribution < -0.4 is 75.0 Å². The SMILES string of the molecule is CC(=O)NC1CCSSCC(C(=O)NC(CCCCNC(C)C)C(=O)NCCCCCOCCOCCOCCCCCOCCC(=O)NC(CCCCNN=[N+]=[N-])C(N)=O)NC(=O)CNC(=O)C(Cc2ccc3ccccc3c2)NC(=O)CNC(=O)C(CCCCNC(C)C)NC(=O)C(Cc2ccc(O)cc2)NC1=O. The van der Waals surface area contributed by atoms with Gasteiger partial charge in [-0.05, 0) is 155 Å². The van der Waals surface area contributed by atoms with Crippen molar-refractivity contribution in [2.75, 3.05) is 104 Å². The summed E-state index contributed by atoms with van der Waals surface area (Å²) in [4.78, 5) is 153. The summed E-state index contributed by atoms with van der Waals surface area (Å²) in [5.41, 5.74) is 17.5. The molecule has 3 aromatic carbocycles. The van der Waals surface area contributed by atoms with E-state index in [1.54, 1.807) is 12.1 Å². The number of phenols is 1. The Balaban J connectivity index is 1.36. The third kappa shape index (κ3) is 43.8. The van der Waals surface area contributed by atoms with Crippen molar-refractivity contribution in [2.24, 2.45) is 11.0 Å². The second kappa shape index (κ2) is 57.5. The van der Waals surface area contributed by atoms with Gasteiger partial charge in [0.2, 0.25) is 65.0 Å². The number of carbonyl (C=O) groups is 11. The summed E-state index contributed by atoms with van der Waals surface area (Å²) in [6.07, 6.45) is 8.96. The topological polar surface area (TPSA) is 476 Å². The number of nitrogens with zero attached hydrogens (tertiary/aromatic N) is 3. The zero-order valence-corrected chi connectivity index (χ0v) is 66.7. The van der Waals surface area contributed by atoms with Crippen LogP contribution in [-0.4, -0.2) is 228 Å². The van der Waals surface area contributed by atoms with Crippen molar-refractivity contribution in [1.82, 2.24) is 69.2 Å². The predicted octanol–water partition coefficient (Wildman–Crippen LogP) is 3.48. The number of aromatic hydroxyl groups is 1. The Kier molecular flexibility index (Phi) is 49.1. The Hall–Kier alpha value is -8.54. The van der Waals surface area contributed by atoms with Gasteiger partial charge in [-0.1, -0.05) is 104 Å². The predicted molar refractivity (Wildman–Crippen MR) is 427 cm³/mol. The number of amides is 11. The molecule has 1 aliphatic rings. The maximum atomic E-state index is 14.6. The highest BCUT2D eigenvalue weighted by atomic mass is 33.1. The van der Waals surface area contributed by atoms with E-state index in [-0.39, 0.29) is 80.4 Å². The van der Waals surface area contributed by atoms with Crippen molar-refractivity contribution < 1.29 is 76.8 Å². The van der Waals surface area contributed by atoms with Crippen molar-refractivity contribution in [3.63, 3.8) is 0 Å². The van der Waals surface area contributed by atoms with E-state index in [2.05, 4.69) is 79.4 Å². The largest absolute Gasteiger partial charge is 0.508 e. The van der Waals surface area contributed by atoms with Gasteiger partial charge < -0.3 is 93.6 Å². The average molecular weight is 1590 g/mol. The lowest BCUT2D eigenvalue weighted by molar-refractivity contribution is -0.134. The minimum Gasteiger partial charge on any atom is -0.508 e. The number of fused-ring (bicyclic) bond motifs is 1. The molecular weight excluding hydrogens is 1470 g/mol. The molecule has 1 heterocycles. The third-order valence-electron chi connectivity index (χ3n) is 17.5. The minimum atomic E-state index is -1.32. The molecule has 0 radical (unpaired) electrons. The smallest absolute Gasteiger partial charge is 0.244 e. The van der Waals surface area contributed by atoms with Crippen LogP contribution in [0.4, 0.5) is 0 Å². The van der Waals surface area contributed by atoms with E-state index in [0.717, 1.165) is 42.9 Å². The van der Waals surface area contributed by atoms with E-state index in [1.165, 1.54) is 40.6 Å². The zero-order chi connectivity index (χ0) is 80.8. The van der Waals surface area contributed by atoms with E-state index in [1.807, 2.05) is 70.2 Å². The highest BCUT2D eigenvalue weighted by Gasteiger charge is 2.33. The van der Waals surface area contributed by atoms with E-state index < -0.39 is 114 Å². The van der Waals surface area contributed by atoms with Crippen LogP contribution in [0, 0.1) is 0 Å². The fourth-order valence-corrected chi connectivity index (χ4v) is 13.8. The molecule has 618 valence electrons. The van der Waals surface area contributed by atoms with Crippen molar-refractivity contribution >= 4 is 97.3 Å². The molecule has 0 aromatic heterocycles. The van der Waals surface area contributed by atoms with Crippen molar-refractivity contribution in [2.45, 2.75) is 211 Å². The van der Waals surface area contributed by atoms with Gasteiger partial charge in [-0.2, -0.15) is 4.91 Å². The van der Waals surface area contributed by atoms with Gasteiger partial charge >= 0.3 is 0 Å². The van der Waals surface area contributed by atoms with E-state index >= 15 is 0 Å². The molecule has 16 N–H and O–H groups in total. The van der Waals surface area contributed by atoms with Gasteiger partial charge in [-0.3, -0.25) is 58.2 Å². The summed E-state index contributed by atoms with van der Waals surface area (Å²) in [7, 11) is 2.41. The first-order chi connectivity index (χ1) is 53.5. The van der Waals surface area contributed by atoms with Crippen LogP contribution in [0.15, 0.2) is 72.0 Å². The van der Waals surface area contributed by atoms with Gasteiger partial charge in [-0.25, -0.2) is 0 Å². The summed E-state index contributed by atoms with van der Waals surface area (Å²) in [6.45, 7) is 13.4. The number of rotatable bonds is 49. The van der Waals surface area contributed by atoms with Crippen LogP contribution in [0.3, 0.4) is 0 Å². The van der Waals surface area contributed by atoms with E-state index in [4.69, 9.17) is 30.2 Å². The minimum absolute atomic E-state index is 0.0317. The number of azide groups is 1. The number of primary amides is 1. The number of phenolic OH excluding ortho intramolecular Hbond substituents is 1. The summed E-state index contributed by atoms with van der Waals surface area (Å²) in [5.74, 6) is -6.93. The Labute approximate surface area is 659 Å². The lowest BCUT2D eigenvalue weighted by Crippen LogP contribution is -2.58. The standard InChI is InChI=1S/C76H121N17O16S2/c1-52(2)79-33-14-10-23-61(71(100)81-35-13-6-17-38-107-41-43-109-44-42-108-39-19-7-18-37-106-40-31-67(96)86-60(70(77)99)22-12-16-36-84-93-92-78)90-76(105)66-51-111-110-45-32-63(85-54(5)94)74(103)91-65(47-55-26-29-59(95)30-27-55)75(104)89-62(24-11-15-34-80-53(3)4)72(101)82-49-68(97)87-64(73(102)83-50-69(98)88-66)48-56-25-28-57-20-8-9-21-58(57)46-56/h8-9,20-21,25-30,46,52-53,60-66,79-80,84,95H,6-7,10-19,22-24,31-45,47-51H2,1-5H3,(H2,77,99)(H,81,100)(H,82,101)(H,83,102)(H,85,94)(H,86,96)(H,87,97)(H,88,98)(H,89,104)(H,90,105)(H,91,103). The molecule has 1 fully saturated rings. The molecule has 11 amide bonds. The summed E-state index contributed by atoms with van der Waals surface area (Å²) < 4.78 is 22.7. The fourth-order valence-electron chi connectivity index (χ4n) is 11.5. The molecule has 0 bridgehead atoms. The first kappa shape index (κ1) is 94.8. The average Bonchev–Trinajstić information content (AvgIpc) is 0.825. The van der Waals surface area contributed by atoms with Crippen LogP contribution in [-0.2, 0) is 84.5 Å².